The molecule has 0 aliphatic rings. The SMILES string of the molecule is CCNc1ccc2cc(S(=O)(=O)NC(C)C)ccc2n1. The third-order valence-electron chi connectivity index (χ3n) is 2.72. The van der Waals surface area contributed by atoms with Crippen molar-refractivity contribution in [1.82, 2.24) is 9.71 Å². The summed E-state index contributed by atoms with van der Waals surface area (Å²) in [7, 11) is -3.46. The Labute approximate surface area is 119 Å². The van der Waals surface area contributed by atoms with E-state index in [4.69, 9.17) is 0 Å². The predicted molar refractivity (Wildman–Crippen MR) is 81.4 cm³/mol. The summed E-state index contributed by atoms with van der Waals surface area (Å²) in [5.74, 6) is 0.788. The summed E-state index contributed by atoms with van der Waals surface area (Å²) in [5.41, 5.74) is 0.770. The Morgan fingerprint density at radius 3 is 2.60 bits per heavy atom. The van der Waals surface area contributed by atoms with Crippen LogP contribution in [0.3, 0.4) is 0 Å². The van der Waals surface area contributed by atoms with Crippen LogP contribution in [-0.4, -0.2) is 26.0 Å². The molecule has 0 spiro atoms. The number of nitrogens with one attached hydrogen (secondary N) is 2. The topological polar surface area (TPSA) is 71.1 Å². The van der Waals surface area contributed by atoms with Crippen LogP contribution in [0.1, 0.15) is 20.8 Å². The molecule has 0 aliphatic heterocycles. The Kier molecular flexibility index (Phi) is 4.25. The molecule has 2 rings (SSSR count). The van der Waals surface area contributed by atoms with Crippen molar-refractivity contribution in [3.8, 4) is 0 Å². The fourth-order valence-corrected chi connectivity index (χ4v) is 3.21. The minimum atomic E-state index is -3.46. The normalized spacial score (nSPS) is 12.0. The van der Waals surface area contributed by atoms with Crippen LogP contribution in [0.25, 0.3) is 10.9 Å². The van der Waals surface area contributed by atoms with Gasteiger partial charge in [-0.2, -0.15) is 0 Å². The molecule has 20 heavy (non-hydrogen) atoms. The van der Waals surface area contributed by atoms with Crippen LogP contribution in [0, 0.1) is 0 Å². The number of fused-ring (bicyclic) bond motifs is 1. The summed E-state index contributed by atoms with van der Waals surface area (Å²) < 4.78 is 26.8. The predicted octanol–water partition coefficient (Wildman–Crippen LogP) is 2.35. The first-order chi connectivity index (χ1) is 9.42. The largest absolute Gasteiger partial charge is 0.370 e. The van der Waals surface area contributed by atoms with Crippen LogP contribution in [0.2, 0.25) is 0 Å². The van der Waals surface area contributed by atoms with Crippen molar-refractivity contribution in [3.05, 3.63) is 30.3 Å². The van der Waals surface area contributed by atoms with Gasteiger partial charge in [0.1, 0.15) is 5.82 Å². The van der Waals surface area contributed by atoms with Crippen molar-refractivity contribution in [1.29, 1.82) is 0 Å². The second-order valence-electron chi connectivity index (χ2n) is 4.86. The van der Waals surface area contributed by atoms with Crippen LogP contribution in [-0.2, 0) is 10.0 Å². The Bertz CT molecular complexity index is 711. The molecule has 5 nitrogen and oxygen atoms in total. The average molecular weight is 293 g/mol. The number of benzene rings is 1. The zero-order valence-corrected chi connectivity index (χ0v) is 12.7. The fraction of sp³-hybridized carbons (Fsp3) is 0.357. The maximum Gasteiger partial charge on any atom is 0.240 e. The maximum atomic E-state index is 12.1. The van der Waals surface area contributed by atoms with Crippen molar-refractivity contribution >= 4 is 26.7 Å². The maximum absolute atomic E-state index is 12.1. The summed E-state index contributed by atoms with van der Waals surface area (Å²) >= 11 is 0. The Hall–Kier alpha value is -1.66. The van der Waals surface area contributed by atoms with E-state index in [0.29, 0.717) is 0 Å². The van der Waals surface area contributed by atoms with Crippen molar-refractivity contribution in [3.63, 3.8) is 0 Å². The van der Waals surface area contributed by atoms with E-state index in [-0.39, 0.29) is 10.9 Å². The molecule has 1 aromatic heterocycles. The first-order valence-electron chi connectivity index (χ1n) is 6.59. The summed E-state index contributed by atoms with van der Waals surface area (Å²) in [6.07, 6.45) is 0. The van der Waals surface area contributed by atoms with Gasteiger partial charge in [-0.15, -0.1) is 0 Å². The second kappa shape index (κ2) is 5.76. The molecule has 0 atom stereocenters. The van der Waals surface area contributed by atoms with E-state index in [1.165, 1.54) is 0 Å². The van der Waals surface area contributed by atoms with Gasteiger partial charge in [-0.05, 0) is 51.1 Å². The van der Waals surface area contributed by atoms with Gasteiger partial charge in [0.15, 0.2) is 0 Å². The fourth-order valence-electron chi connectivity index (χ4n) is 1.93. The highest BCUT2D eigenvalue weighted by Gasteiger charge is 2.15. The lowest BCUT2D eigenvalue weighted by atomic mass is 10.2. The molecular formula is C14H19N3O2S. The summed E-state index contributed by atoms with van der Waals surface area (Å²) in [5, 5.41) is 3.93. The van der Waals surface area contributed by atoms with E-state index >= 15 is 0 Å². The Balaban J connectivity index is 2.42. The third-order valence-corrected chi connectivity index (χ3v) is 4.38. The standard InChI is InChI=1S/C14H19N3O2S/c1-4-15-14-8-5-11-9-12(6-7-13(11)16-14)20(18,19)17-10(2)3/h5-10,17H,4H2,1-3H3,(H,15,16). The van der Waals surface area contributed by atoms with Crippen molar-refractivity contribution in [2.45, 2.75) is 31.7 Å². The summed E-state index contributed by atoms with van der Waals surface area (Å²) in [4.78, 5) is 4.68. The van der Waals surface area contributed by atoms with E-state index in [1.54, 1.807) is 32.0 Å². The Morgan fingerprint density at radius 2 is 1.95 bits per heavy atom. The first kappa shape index (κ1) is 14.7. The Morgan fingerprint density at radius 1 is 1.20 bits per heavy atom. The van der Waals surface area contributed by atoms with Crippen molar-refractivity contribution in [2.24, 2.45) is 0 Å². The molecule has 0 radical (unpaired) electrons. The van der Waals surface area contributed by atoms with Crippen molar-refractivity contribution < 1.29 is 8.42 Å². The first-order valence-corrected chi connectivity index (χ1v) is 8.07. The molecule has 0 fully saturated rings. The lowest BCUT2D eigenvalue weighted by Gasteiger charge is -2.10. The number of sulfonamides is 1. The molecular weight excluding hydrogens is 274 g/mol. The van der Waals surface area contributed by atoms with E-state index in [1.807, 2.05) is 19.1 Å². The lowest BCUT2D eigenvalue weighted by molar-refractivity contribution is 0.570. The summed E-state index contributed by atoms with van der Waals surface area (Å²) in [6, 6.07) is 8.53. The van der Waals surface area contributed by atoms with Crippen LogP contribution in [0.4, 0.5) is 5.82 Å². The molecule has 0 bridgehead atoms. The van der Waals surface area contributed by atoms with Gasteiger partial charge in [0.05, 0.1) is 10.4 Å². The molecule has 108 valence electrons. The van der Waals surface area contributed by atoms with Gasteiger partial charge in [0.25, 0.3) is 0 Å². The highest BCUT2D eigenvalue weighted by Crippen LogP contribution is 2.19. The zero-order valence-electron chi connectivity index (χ0n) is 11.8. The zero-order chi connectivity index (χ0) is 14.8. The number of hydrogen-bond acceptors (Lipinski definition) is 4. The number of nitrogens with zero attached hydrogens (tertiary/aromatic N) is 1. The van der Waals surface area contributed by atoms with Crippen LogP contribution in [0.15, 0.2) is 35.2 Å². The number of aromatic nitrogens is 1. The number of pyridine rings is 1. The average Bonchev–Trinajstić information content (AvgIpc) is 2.37. The third kappa shape index (κ3) is 3.26. The minimum Gasteiger partial charge on any atom is -0.370 e. The van der Waals surface area contributed by atoms with Gasteiger partial charge in [0.2, 0.25) is 10.0 Å². The van der Waals surface area contributed by atoms with Gasteiger partial charge in [-0.3, -0.25) is 0 Å². The number of rotatable bonds is 5. The molecule has 0 amide bonds. The molecule has 0 saturated heterocycles. The van der Waals surface area contributed by atoms with Crippen molar-refractivity contribution in [2.75, 3.05) is 11.9 Å². The molecule has 1 heterocycles. The molecule has 6 heteroatoms. The molecule has 2 N–H and O–H groups in total. The molecule has 0 unspecified atom stereocenters. The van der Waals surface area contributed by atoms with Crippen LogP contribution < -0.4 is 10.0 Å². The number of anilines is 1. The number of hydrogen-bond donors (Lipinski definition) is 2. The lowest BCUT2D eigenvalue weighted by Crippen LogP contribution is -2.30. The van der Waals surface area contributed by atoms with E-state index in [9.17, 15) is 8.42 Å². The van der Waals surface area contributed by atoms with E-state index < -0.39 is 10.0 Å². The molecule has 2 aromatic rings. The van der Waals surface area contributed by atoms with Crippen LogP contribution in [0.5, 0.6) is 0 Å². The second-order valence-corrected chi connectivity index (χ2v) is 6.57. The highest BCUT2D eigenvalue weighted by atomic mass is 32.2. The highest BCUT2D eigenvalue weighted by molar-refractivity contribution is 7.89. The summed E-state index contributed by atoms with van der Waals surface area (Å²) in [6.45, 7) is 6.38. The van der Waals surface area contributed by atoms with Gasteiger partial charge in [-0.1, -0.05) is 0 Å². The van der Waals surface area contributed by atoms with Gasteiger partial charge < -0.3 is 5.32 Å². The van der Waals surface area contributed by atoms with Gasteiger partial charge in [-0.25, -0.2) is 18.1 Å². The van der Waals surface area contributed by atoms with Crippen LogP contribution >= 0.6 is 0 Å². The monoisotopic (exact) mass is 293 g/mol. The molecule has 0 aliphatic carbocycles. The molecule has 1 aromatic carbocycles. The molecule has 0 saturated carbocycles. The van der Waals surface area contributed by atoms with E-state index in [2.05, 4.69) is 15.0 Å². The van der Waals surface area contributed by atoms with Gasteiger partial charge in [0, 0.05) is 18.0 Å². The quantitative estimate of drug-likeness (QED) is 0.887. The van der Waals surface area contributed by atoms with E-state index in [0.717, 1.165) is 23.3 Å². The minimum absolute atomic E-state index is 0.134. The van der Waals surface area contributed by atoms with Gasteiger partial charge >= 0.3 is 0 Å². The smallest absolute Gasteiger partial charge is 0.240 e.